The first-order valence-corrected chi connectivity index (χ1v) is 4.43. The maximum Gasteiger partial charge on any atom is 0.416 e. The van der Waals surface area contributed by atoms with Gasteiger partial charge in [0.2, 0.25) is 0 Å². The molecule has 6 heteroatoms. The minimum absolute atomic E-state index is 0.0640. The molecule has 1 aromatic carbocycles. The maximum atomic E-state index is 13.1. The van der Waals surface area contributed by atoms with Gasteiger partial charge in [-0.3, -0.25) is 0 Å². The zero-order chi connectivity index (χ0) is 11.6. The highest BCUT2D eigenvalue weighted by Crippen LogP contribution is 2.36. The number of halogens is 5. The van der Waals surface area contributed by atoms with E-state index in [-0.39, 0.29) is 6.61 Å². The van der Waals surface area contributed by atoms with Crippen LogP contribution < -0.4 is 4.74 Å². The van der Waals surface area contributed by atoms with E-state index in [1.54, 1.807) is 0 Å². The smallest absolute Gasteiger partial charge is 0.416 e. The fraction of sp³-hybridized carbons (Fsp3) is 0.333. The summed E-state index contributed by atoms with van der Waals surface area (Å²) in [6, 6.07) is 1.12. The van der Waals surface area contributed by atoms with E-state index >= 15 is 0 Å². The summed E-state index contributed by atoms with van der Waals surface area (Å²) in [6.07, 6.45) is -4.57. The van der Waals surface area contributed by atoms with Crippen molar-refractivity contribution < 1.29 is 22.3 Å². The molecule has 0 aliphatic rings. The lowest BCUT2D eigenvalue weighted by Gasteiger charge is -2.11. The zero-order valence-corrected chi connectivity index (χ0v) is 8.42. The first-order chi connectivity index (χ1) is 6.86. The summed E-state index contributed by atoms with van der Waals surface area (Å²) in [6.45, 7) is 1.60. The second-order valence-electron chi connectivity index (χ2n) is 2.70. The van der Waals surface area contributed by atoms with Gasteiger partial charge >= 0.3 is 6.18 Å². The predicted molar refractivity (Wildman–Crippen MR) is 47.6 cm³/mol. The largest absolute Gasteiger partial charge is 0.491 e. The van der Waals surface area contributed by atoms with Crippen LogP contribution in [-0.4, -0.2) is 6.61 Å². The summed E-state index contributed by atoms with van der Waals surface area (Å²) in [7, 11) is 0. The van der Waals surface area contributed by atoms with Gasteiger partial charge in [-0.25, -0.2) is 4.39 Å². The van der Waals surface area contributed by atoms with E-state index in [2.05, 4.69) is 0 Å². The van der Waals surface area contributed by atoms with Gasteiger partial charge in [-0.1, -0.05) is 11.6 Å². The molecule has 0 heterocycles. The van der Waals surface area contributed by atoms with Crippen molar-refractivity contribution in [2.75, 3.05) is 6.61 Å². The Morgan fingerprint density at radius 3 is 2.40 bits per heavy atom. The second kappa shape index (κ2) is 4.26. The van der Waals surface area contributed by atoms with Gasteiger partial charge < -0.3 is 4.74 Å². The Morgan fingerprint density at radius 1 is 1.33 bits per heavy atom. The van der Waals surface area contributed by atoms with E-state index in [0.717, 1.165) is 0 Å². The average Bonchev–Trinajstić information content (AvgIpc) is 2.11. The lowest BCUT2D eigenvalue weighted by atomic mass is 10.2. The molecule has 0 N–H and O–H groups in total. The Bertz CT molecular complexity index is 362. The number of rotatable bonds is 2. The first kappa shape index (κ1) is 12.1. The zero-order valence-electron chi connectivity index (χ0n) is 7.66. The lowest BCUT2D eigenvalue weighted by molar-refractivity contribution is -0.137. The Balaban J connectivity index is 3.23. The van der Waals surface area contributed by atoms with Crippen LogP contribution >= 0.6 is 11.6 Å². The van der Waals surface area contributed by atoms with Gasteiger partial charge in [-0.05, 0) is 19.1 Å². The molecule has 0 aliphatic heterocycles. The van der Waals surface area contributed by atoms with Crippen molar-refractivity contribution in [1.29, 1.82) is 0 Å². The highest BCUT2D eigenvalue weighted by molar-refractivity contribution is 6.31. The molecule has 0 fully saturated rings. The van der Waals surface area contributed by atoms with Crippen LogP contribution in [0.3, 0.4) is 0 Å². The molecule has 0 saturated heterocycles. The monoisotopic (exact) mass is 242 g/mol. The van der Waals surface area contributed by atoms with Gasteiger partial charge in [0.25, 0.3) is 0 Å². The summed E-state index contributed by atoms with van der Waals surface area (Å²) >= 11 is 5.31. The van der Waals surface area contributed by atoms with Crippen molar-refractivity contribution >= 4 is 11.6 Å². The minimum atomic E-state index is -4.57. The SMILES string of the molecule is CCOc1cc(C(F)(F)F)cc(Cl)c1F. The Hall–Kier alpha value is -0.970. The van der Waals surface area contributed by atoms with Gasteiger partial charge in [0.15, 0.2) is 11.6 Å². The van der Waals surface area contributed by atoms with Crippen molar-refractivity contribution in [3.05, 3.63) is 28.5 Å². The molecule has 0 bridgehead atoms. The topological polar surface area (TPSA) is 9.23 Å². The predicted octanol–water partition coefficient (Wildman–Crippen LogP) is 3.90. The molecule has 1 aromatic rings. The third kappa shape index (κ3) is 2.75. The average molecular weight is 243 g/mol. The Morgan fingerprint density at radius 2 is 1.93 bits per heavy atom. The molecular formula is C9H7ClF4O. The highest BCUT2D eigenvalue weighted by Gasteiger charge is 2.32. The summed E-state index contributed by atoms with van der Waals surface area (Å²) in [4.78, 5) is 0. The third-order valence-electron chi connectivity index (χ3n) is 1.62. The van der Waals surface area contributed by atoms with Crippen LogP contribution in [0, 0.1) is 5.82 Å². The lowest BCUT2D eigenvalue weighted by Crippen LogP contribution is -2.06. The van der Waals surface area contributed by atoms with Gasteiger partial charge in [0, 0.05) is 0 Å². The second-order valence-corrected chi connectivity index (χ2v) is 3.11. The molecule has 0 spiro atoms. The maximum absolute atomic E-state index is 13.1. The summed E-state index contributed by atoms with van der Waals surface area (Å²) < 4.78 is 54.7. The van der Waals surface area contributed by atoms with Crippen molar-refractivity contribution in [1.82, 2.24) is 0 Å². The van der Waals surface area contributed by atoms with Gasteiger partial charge in [0.1, 0.15) is 0 Å². The Labute approximate surface area is 88.6 Å². The van der Waals surface area contributed by atoms with E-state index in [4.69, 9.17) is 16.3 Å². The van der Waals surface area contributed by atoms with E-state index < -0.39 is 28.3 Å². The first-order valence-electron chi connectivity index (χ1n) is 4.05. The molecule has 1 rings (SSSR count). The van der Waals surface area contributed by atoms with Crippen LogP contribution in [0.4, 0.5) is 17.6 Å². The van der Waals surface area contributed by atoms with E-state index in [1.165, 1.54) is 6.92 Å². The van der Waals surface area contributed by atoms with Gasteiger partial charge in [0.05, 0.1) is 17.2 Å². The molecule has 0 atom stereocenters. The number of ether oxygens (including phenoxy) is 1. The van der Waals surface area contributed by atoms with Crippen molar-refractivity contribution in [3.8, 4) is 5.75 Å². The number of benzene rings is 1. The summed E-state index contributed by atoms with van der Waals surface area (Å²) in [5.41, 5.74) is -1.03. The van der Waals surface area contributed by atoms with Crippen LogP contribution in [0.15, 0.2) is 12.1 Å². The highest BCUT2D eigenvalue weighted by atomic mass is 35.5. The number of alkyl halides is 3. The fourth-order valence-electron chi connectivity index (χ4n) is 0.988. The third-order valence-corrected chi connectivity index (χ3v) is 1.90. The van der Waals surface area contributed by atoms with Crippen LogP contribution in [-0.2, 0) is 6.18 Å². The van der Waals surface area contributed by atoms with E-state index in [0.29, 0.717) is 12.1 Å². The van der Waals surface area contributed by atoms with Crippen LogP contribution in [0.2, 0.25) is 5.02 Å². The number of hydrogen-bond donors (Lipinski definition) is 0. The molecule has 84 valence electrons. The van der Waals surface area contributed by atoms with Gasteiger partial charge in [-0.2, -0.15) is 13.2 Å². The molecule has 1 nitrogen and oxygen atoms in total. The normalized spacial score (nSPS) is 11.6. The van der Waals surface area contributed by atoms with Crippen molar-refractivity contribution in [2.45, 2.75) is 13.1 Å². The molecule has 0 unspecified atom stereocenters. The van der Waals surface area contributed by atoms with Gasteiger partial charge in [-0.15, -0.1) is 0 Å². The molecule has 0 aromatic heterocycles. The minimum Gasteiger partial charge on any atom is -0.491 e. The van der Waals surface area contributed by atoms with E-state index in [1.807, 2.05) is 0 Å². The molecule has 0 radical (unpaired) electrons. The summed E-state index contributed by atoms with van der Waals surface area (Å²) in [5.74, 6) is -1.47. The molecule has 0 saturated carbocycles. The van der Waals surface area contributed by atoms with Crippen LogP contribution in [0.1, 0.15) is 12.5 Å². The van der Waals surface area contributed by atoms with Crippen LogP contribution in [0.25, 0.3) is 0 Å². The molecule has 0 amide bonds. The Kier molecular flexibility index (Phi) is 3.44. The standard InChI is InChI=1S/C9H7ClF4O/c1-2-15-7-4-5(9(12,13)14)3-6(10)8(7)11/h3-4H,2H2,1H3. The number of hydrogen-bond acceptors (Lipinski definition) is 1. The van der Waals surface area contributed by atoms with E-state index in [9.17, 15) is 17.6 Å². The molecular weight excluding hydrogens is 236 g/mol. The van der Waals surface area contributed by atoms with Crippen LogP contribution in [0.5, 0.6) is 5.75 Å². The molecule has 15 heavy (non-hydrogen) atoms. The van der Waals surface area contributed by atoms with Crippen molar-refractivity contribution in [3.63, 3.8) is 0 Å². The summed E-state index contributed by atoms with van der Waals surface area (Å²) in [5, 5.41) is -0.603. The molecule has 0 aliphatic carbocycles. The quantitative estimate of drug-likeness (QED) is 0.715. The fourth-order valence-corrected chi connectivity index (χ4v) is 1.20. The van der Waals surface area contributed by atoms with Crippen molar-refractivity contribution in [2.24, 2.45) is 0 Å².